The van der Waals surface area contributed by atoms with Crippen molar-refractivity contribution in [1.82, 2.24) is 45.5 Å². The Labute approximate surface area is 440 Å². The van der Waals surface area contributed by atoms with Crippen LogP contribution in [0.4, 0.5) is 0 Å². The van der Waals surface area contributed by atoms with E-state index < -0.39 is 41.6 Å². The minimum atomic E-state index is -0.935. The van der Waals surface area contributed by atoms with E-state index in [1.165, 1.54) is 9.78 Å². The Balaban J connectivity index is 0.748. The normalized spacial score (nSPS) is 22.5. The molecule has 6 heterocycles. The summed E-state index contributed by atoms with van der Waals surface area (Å²) in [4.78, 5) is 71.4. The number of fused-ring (bicyclic) bond motifs is 3. The third-order valence-corrected chi connectivity index (χ3v) is 17.4. The number of β-amino-alcohol motifs (C(OH)–C–C–N with tert-alkyl or cyclic N) is 1. The lowest BCUT2D eigenvalue weighted by molar-refractivity contribution is -0.145. The first-order valence-electron chi connectivity index (χ1n) is 25.4. The lowest BCUT2D eigenvalue weighted by Crippen LogP contribution is -2.60. The van der Waals surface area contributed by atoms with Crippen molar-refractivity contribution < 1.29 is 29.0 Å². The fourth-order valence-corrected chi connectivity index (χ4v) is 12.7. The van der Waals surface area contributed by atoms with E-state index in [-0.39, 0.29) is 61.4 Å². The van der Waals surface area contributed by atoms with Gasteiger partial charge >= 0.3 is 0 Å². The van der Waals surface area contributed by atoms with Crippen LogP contribution in [0.15, 0.2) is 59.0 Å². The molecule has 1 aliphatic carbocycles. The second-order valence-corrected chi connectivity index (χ2v) is 23.8. The van der Waals surface area contributed by atoms with E-state index in [0.717, 1.165) is 67.8 Å². The van der Waals surface area contributed by atoms with E-state index in [4.69, 9.17) is 21.3 Å². The fraction of sp³-hybridized carbons (Fsp3) is 0.519. The van der Waals surface area contributed by atoms with Crippen molar-refractivity contribution in [3.05, 3.63) is 104 Å². The molecule has 388 valence electrons. The highest BCUT2D eigenvalue weighted by molar-refractivity contribution is 7.15. The Morgan fingerprint density at radius 2 is 1.59 bits per heavy atom. The van der Waals surface area contributed by atoms with Gasteiger partial charge in [-0.1, -0.05) is 68.8 Å². The summed E-state index contributed by atoms with van der Waals surface area (Å²) in [5.41, 5.74) is 7.94. The Morgan fingerprint density at radius 1 is 0.904 bits per heavy atom. The van der Waals surface area contributed by atoms with Gasteiger partial charge in [-0.2, -0.15) is 0 Å². The molecule has 4 aliphatic rings. The average molecular weight is 1050 g/mol. The lowest BCUT2D eigenvalue weighted by atomic mass is 9.85. The molecular formula is C54H67ClN10O6S2. The monoisotopic (exact) mass is 1050 g/mol. The maximum absolute atomic E-state index is 14.4. The standard InChI is InChI=1S/C54H67ClN10O6S2/c1-28-32(5)73-53-45(28)46(35-14-16-37(55)17-15-35)59-42(49-62-61-33(6)65(49)53)25-44(67)58-38-22-41(23-38)71-40-18-20-63(21-19-40)31(4)50(68)60-48(54(7,8)9)52(70)64-26-39(66)24-43(64)51(69)57-29(2)34-10-12-36(13-11-34)47-30(3)56-27-72-47/h10-17,27,29,31,38-43,48,66H,18-26H2,1-9H3,(H,57,69)(H,58,67)(H,60,68)/t29-,31-,38-,39+,41-,42-,43-,48+/m0/s1. The van der Waals surface area contributed by atoms with Gasteiger partial charge in [0.15, 0.2) is 5.82 Å². The number of aliphatic hydroxyl groups is 1. The summed E-state index contributed by atoms with van der Waals surface area (Å²) in [6.45, 7) is 18.8. The molecule has 4 N–H and O–H groups in total. The van der Waals surface area contributed by atoms with Crippen molar-refractivity contribution in [1.29, 1.82) is 0 Å². The highest BCUT2D eigenvalue weighted by Crippen LogP contribution is 2.40. The van der Waals surface area contributed by atoms with Crippen LogP contribution in [0.1, 0.15) is 130 Å². The summed E-state index contributed by atoms with van der Waals surface area (Å²) in [6, 6.07) is 12.4. The predicted molar refractivity (Wildman–Crippen MR) is 284 cm³/mol. The number of aromatic nitrogens is 4. The highest BCUT2D eigenvalue weighted by atomic mass is 35.5. The largest absolute Gasteiger partial charge is 0.391 e. The number of nitrogens with one attached hydrogen (secondary N) is 3. The van der Waals surface area contributed by atoms with Gasteiger partial charge in [0.25, 0.3) is 0 Å². The van der Waals surface area contributed by atoms with Crippen molar-refractivity contribution in [3.63, 3.8) is 0 Å². The first-order chi connectivity index (χ1) is 34.7. The first-order valence-corrected chi connectivity index (χ1v) is 27.5. The van der Waals surface area contributed by atoms with Crippen LogP contribution < -0.4 is 16.0 Å². The maximum Gasteiger partial charge on any atom is 0.246 e. The summed E-state index contributed by atoms with van der Waals surface area (Å²) < 4.78 is 8.58. The van der Waals surface area contributed by atoms with Gasteiger partial charge in [-0.05, 0) is 101 Å². The molecule has 19 heteroatoms. The third kappa shape index (κ3) is 11.2. The Bertz CT molecular complexity index is 2880. The molecule has 3 aromatic heterocycles. The molecule has 2 aromatic carbocycles. The van der Waals surface area contributed by atoms with Crippen LogP contribution in [0.2, 0.25) is 5.02 Å². The van der Waals surface area contributed by atoms with Crippen LogP contribution in [0.25, 0.3) is 15.4 Å². The second-order valence-electron chi connectivity index (χ2n) is 21.3. The SMILES string of the molecule is Cc1ncsc1-c1ccc([C@H](C)NC(=O)[C@@H]2C[C@@H](O)CN2C(=O)[C@@H](NC(=O)[C@H](C)N2CCC(O[C@H]3C[C@H](NC(=O)C[C@@H]4N=C(c5ccc(Cl)cc5)c5c(sc(C)c5C)-n5c(C)nnc54)C3)CC2)C(C)(C)C)cc1. The first kappa shape index (κ1) is 52.5. The number of hydrogen-bond acceptors (Lipinski definition) is 13. The number of aliphatic imine (C=N–C) groups is 1. The van der Waals surface area contributed by atoms with E-state index in [1.807, 2.05) is 103 Å². The molecule has 1 saturated carbocycles. The van der Waals surface area contributed by atoms with Gasteiger partial charge < -0.3 is 30.7 Å². The number of carbonyl (C=O) groups is 4. The fourth-order valence-electron chi connectivity index (χ4n) is 10.5. The number of aliphatic hydroxyl groups excluding tert-OH is 1. The molecule has 5 aromatic rings. The Morgan fingerprint density at radius 3 is 2.25 bits per heavy atom. The van der Waals surface area contributed by atoms with Gasteiger partial charge in [0, 0.05) is 53.1 Å². The summed E-state index contributed by atoms with van der Waals surface area (Å²) in [7, 11) is 0. The predicted octanol–water partition coefficient (Wildman–Crippen LogP) is 7.51. The van der Waals surface area contributed by atoms with Crippen LogP contribution in [0.3, 0.4) is 0 Å². The van der Waals surface area contributed by atoms with E-state index in [0.29, 0.717) is 36.8 Å². The van der Waals surface area contributed by atoms with Crippen molar-refractivity contribution in [3.8, 4) is 15.4 Å². The molecule has 9 rings (SSSR count). The third-order valence-electron chi connectivity index (χ3n) is 15.0. The number of likely N-dealkylation sites (tertiary alicyclic amines) is 2. The molecular weight excluding hydrogens is 984 g/mol. The molecule has 73 heavy (non-hydrogen) atoms. The number of amides is 4. The second kappa shape index (κ2) is 21.5. The number of thiophene rings is 1. The number of carbonyl (C=O) groups excluding carboxylic acids is 4. The maximum atomic E-state index is 14.4. The molecule has 4 amide bonds. The van der Waals surface area contributed by atoms with Gasteiger partial charge in [0.2, 0.25) is 23.6 Å². The zero-order chi connectivity index (χ0) is 52.0. The Kier molecular flexibility index (Phi) is 15.4. The molecule has 0 radical (unpaired) electrons. The quantitative estimate of drug-likeness (QED) is 0.0865. The number of thiazole rings is 1. The number of hydrogen-bond donors (Lipinski definition) is 4. The number of piperidine rings is 1. The molecule has 2 saturated heterocycles. The number of nitrogens with zero attached hydrogens (tertiary/aromatic N) is 7. The molecule has 0 bridgehead atoms. The smallest absolute Gasteiger partial charge is 0.246 e. The zero-order valence-corrected chi connectivity index (χ0v) is 45.5. The highest BCUT2D eigenvalue weighted by Gasteiger charge is 2.46. The molecule has 16 nitrogen and oxygen atoms in total. The number of benzene rings is 2. The van der Waals surface area contributed by atoms with Crippen LogP contribution in [-0.4, -0.2) is 126 Å². The van der Waals surface area contributed by atoms with Crippen LogP contribution >= 0.6 is 34.3 Å². The summed E-state index contributed by atoms with van der Waals surface area (Å²) in [5, 5.41) is 30.7. The molecule has 3 fully saturated rings. The topological polar surface area (TPSA) is 196 Å². The van der Waals surface area contributed by atoms with Gasteiger partial charge in [0.05, 0.1) is 58.6 Å². The number of halogens is 1. The van der Waals surface area contributed by atoms with Gasteiger partial charge in [0.1, 0.15) is 29.0 Å². The number of aryl methyl sites for hydroxylation is 3. The van der Waals surface area contributed by atoms with E-state index in [2.05, 4.69) is 54.4 Å². The number of ether oxygens (including phenoxy) is 1. The molecule has 0 unspecified atom stereocenters. The minimum Gasteiger partial charge on any atom is -0.391 e. The Hall–Kier alpha value is -5.37. The summed E-state index contributed by atoms with van der Waals surface area (Å²) in [6.07, 6.45) is 2.28. The van der Waals surface area contributed by atoms with Crippen LogP contribution in [0.5, 0.6) is 0 Å². The van der Waals surface area contributed by atoms with E-state index in [9.17, 15) is 24.3 Å². The summed E-state index contributed by atoms with van der Waals surface area (Å²) >= 11 is 9.54. The van der Waals surface area contributed by atoms with Gasteiger partial charge in [-0.3, -0.25) is 33.6 Å². The molecule has 3 aliphatic heterocycles. The number of rotatable bonds is 14. The van der Waals surface area contributed by atoms with Crippen molar-refractivity contribution in [2.24, 2.45) is 10.4 Å². The van der Waals surface area contributed by atoms with Crippen LogP contribution in [-0.2, 0) is 23.9 Å². The van der Waals surface area contributed by atoms with Crippen molar-refractivity contribution in [2.75, 3.05) is 19.6 Å². The average Bonchev–Trinajstić information content (AvgIpc) is 4.11. The van der Waals surface area contributed by atoms with E-state index in [1.54, 1.807) is 22.7 Å². The van der Waals surface area contributed by atoms with Crippen molar-refractivity contribution in [2.45, 2.75) is 155 Å². The lowest BCUT2D eigenvalue weighted by Gasteiger charge is -2.41. The zero-order valence-electron chi connectivity index (χ0n) is 43.1. The summed E-state index contributed by atoms with van der Waals surface area (Å²) in [5.74, 6) is 0.246. The molecule has 6 atom stereocenters. The van der Waals surface area contributed by atoms with Gasteiger partial charge in [-0.15, -0.1) is 32.9 Å². The minimum absolute atomic E-state index is 0.00304. The van der Waals surface area contributed by atoms with Crippen molar-refractivity contribution >= 4 is 63.6 Å². The molecule has 0 spiro atoms. The van der Waals surface area contributed by atoms with Crippen LogP contribution in [0, 0.1) is 33.1 Å². The van der Waals surface area contributed by atoms with Gasteiger partial charge in [-0.25, -0.2) is 4.98 Å². The van der Waals surface area contributed by atoms with E-state index >= 15 is 0 Å².